The number of carbonyl (C=O) groups excluding carboxylic acids is 1. The Morgan fingerprint density at radius 2 is 2.20 bits per heavy atom. The number of aryl methyl sites for hydroxylation is 3. The van der Waals surface area contributed by atoms with Crippen LogP contribution in [0.15, 0.2) is 24.3 Å². The van der Waals surface area contributed by atoms with Crippen LogP contribution in [0.4, 0.5) is 5.69 Å². The zero-order valence-corrected chi connectivity index (χ0v) is 12.7. The number of ether oxygens (including phenoxy) is 1. The van der Waals surface area contributed by atoms with Crippen LogP contribution in [0.25, 0.3) is 0 Å². The number of rotatable bonds is 5. The number of nitrogens with zero attached hydrogens (tertiary/aromatic N) is 1. The molecule has 2 aromatic rings. The predicted molar refractivity (Wildman–Crippen MR) is 81.5 cm³/mol. The highest BCUT2D eigenvalue weighted by molar-refractivity contribution is 7.11. The van der Waals surface area contributed by atoms with Gasteiger partial charge in [-0.3, -0.25) is 4.79 Å². The van der Waals surface area contributed by atoms with Crippen molar-refractivity contribution in [2.75, 3.05) is 12.4 Å². The van der Waals surface area contributed by atoms with Crippen molar-refractivity contribution in [3.05, 3.63) is 39.8 Å². The van der Waals surface area contributed by atoms with Gasteiger partial charge in [0.05, 0.1) is 17.8 Å². The number of carbonyl (C=O) groups is 1. The van der Waals surface area contributed by atoms with Crippen LogP contribution in [0, 0.1) is 13.8 Å². The zero-order chi connectivity index (χ0) is 14.5. The Hall–Kier alpha value is -1.88. The summed E-state index contributed by atoms with van der Waals surface area (Å²) in [4.78, 5) is 17.5. The van der Waals surface area contributed by atoms with Crippen LogP contribution < -0.4 is 10.1 Å². The third kappa shape index (κ3) is 3.81. The molecule has 0 radical (unpaired) electrons. The molecular formula is C15H18N2O2S. The lowest BCUT2D eigenvalue weighted by Crippen LogP contribution is -2.12. The maximum absolute atomic E-state index is 11.9. The van der Waals surface area contributed by atoms with E-state index in [9.17, 15) is 4.79 Å². The molecule has 1 N–H and O–H groups in total. The van der Waals surface area contributed by atoms with E-state index >= 15 is 0 Å². The first-order valence-corrected chi connectivity index (χ1v) is 7.27. The summed E-state index contributed by atoms with van der Waals surface area (Å²) in [5, 5.41) is 3.93. The molecule has 0 saturated heterocycles. The van der Waals surface area contributed by atoms with Crippen LogP contribution in [0.5, 0.6) is 5.75 Å². The molecule has 0 saturated carbocycles. The van der Waals surface area contributed by atoms with Crippen LogP contribution in [0.1, 0.15) is 22.0 Å². The molecule has 2 rings (SSSR count). The molecule has 1 aromatic carbocycles. The van der Waals surface area contributed by atoms with Gasteiger partial charge in [0.15, 0.2) is 0 Å². The number of methoxy groups -OCH3 is 1. The molecule has 0 spiro atoms. The van der Waals surface area contributed by atoms with Gasteiger partial charge in [-0.15, -0.1) is 11.3 Å². The highest BCUT2D eigenvalue weighted by atomic mass is 32.1. The van der Waals surface area contributed by atoms with Gasteiger partial charge in [-0.2, -0.15) is 0 Å². The Kier molecular flexibility index (Phi) is 4.74. The van der Waals surface area contributed by atoms with Gasteiger partial charge < -0.3 is 10.1 Å². The Balaban J connectivity index is 1.90. The van der Waals surface area contributed by atoms with E-state index in [0.717, 1.165) is 28.6 Å². The molecule has 0 atom stereocenters. The smallest absolute Gasteiger partial charge is 0.224 e. The fourth-order valence-electron chi connectivity index (χ4n) is 1.96. The number of hydrogen-bond acceptors (Lipinski definition) is 4. The molecular weight excluding hydrogens is 272 g/mol. The lowest BCUT2D eigenvalue weighted by molar-refractivity contribution is -0.116. The molecule has 5 heteroatoms. The predicted octanol–water partition coefficient (Wildman–Crippen LogP) is 3.34. The molecule has 4 nitrogen and oxygen atoms in total. The highest BCUT2D eigenvalue weighted by Crippen LogP contribution is 2.20. The van der Waals surface area contributed by atoms with Gasteiger partial charge in [0.1, 0.15) is 5.75 Å². The molecule has 0 aliphatic carbocycles. The SMILES string of the molecule is COc1cccc(NC(=O)CCc2sc(C)nc2C)c1. The number of hydrogen-bond donors (Lipinski definition) is 1. The maximum Gasteiger partial charge on any atom is 0.224 e. The van der Waals surface area contributed by atoms with Gasteiger partial charge in [-0.25, -0.2) is 4.98 Å². The van der Waals surface area contributed by atoms with Crippen LogP contribution in [-0.4, -0.2) is 18.0 Å². The fourth-order valence-corrected chi connectivity index (χ4v) is 2.89. The van der Waals surface area contributed by atoms with E-state index in [4.69, 9.17) is 4.74 Å². The first-order valence-electron chi connectivity index (χ1n) is 6.45. The topological polar surface area (TPSA) is 51.2 Å². The van der Waals surface area contributed by atoms with E-state index in [1.807, 2.05) is 32.0 Å². The Morgan fingerprint density at radius 1 is 1.40 bits per heavy atom. The Morgan fingerprint density at radius 3 is 2.85 bits per heavy atom. The first kappa shape index (κ1) is 14.5. The van der Waals surface area contributed by atoms with Gasteiger partial charge in [0, 0.05) is 23.1 Å². The largest absolute Gasteiger partial charge is 0.497 e. The van der Waals surface area contributed by atoms with E-state index < -0.39 is 0 Å². The molecule has 1 amide bonds. The van der Waals surface area contributed by atoms with Crippen LogP contribution >= 0.6 is 11.3 Å². The van der Waals surface area contributed by atoms with Crippen molar-refractivity contribution >= 4 is 22.9 Å². The van der Waals surface area contributed by atoms with Crippen LogP contribution in [0.2, 0.25) is 0 Å². The van der Waals surface area contributed by atoms with E-state index in [0.29, 0.717) is 6.42 Å². The summed E-state index contributed by atoms with van der Waals surface area (Å²) in [7, 11) is 1.61. The van der Waals surface area contributed by atoms with Crippen molar-refractivity contribution in [1.82, 2.24) is 4.98 Å². The highest BCUT2D eigenvalue weighted by Gasteiger charge is 2.08. The molecule has 20 heavy (non-hydrogen) atoms. The molecule has 0 fully saturated rings. The average Bonchev–Trinajstić information content (AvgIpc) is 2.75. The number of thiazole rings is 1. The fraction of sp³-hybridized carbons (Fsp3) is 0.333. The van der Waals surface area contributed by atoms with E-state index in [1.165, 1.54) is 4.88 Å². The number of benzene rings is 1. The maximum atomic E-state index is 11.9. The van der Waals surface area contributed by atoms with Gasteiger partial charge >= 0.3 is 0 Å². The quantitative estimate of drug-likeness (QED) is 0.919. The second-order valence-electron chi connectivity index (χ2n) is 4.52. The van der Waals surface area contributed by atoms with E-state index in [-0.39, 0.29) is 5.91 Å². The van der Waals surface area contributed by atoms with Gasteiger partial charge in [-0.1, -0.05) is 6.07 Å². The van der Waals surface area contributed by atoms with Crippen molar-refractivity contribution in [2.24, 2.45) is 0 Å². The van der Waals surface area contributed by atoms with Crippen molar-refractivity contribution in [2.45, 2.75) is 26.7 Å². The average molecular weight is 290 g/mol. The summed E-state index contributed by atoms with van der Waals surface area (Å²) >= 11 is 1.66. The van der Waals surface area contributed by atoms with Gasteiger partial charge in [-0.05, 0) is 32.4 Å². The molecule has 0 bridgehead atoms. The minimum atomic E-state index is 0.00343. The van der Waals surface area contributed by atoms with Crippen molar-refractivity contribution in [1.29, 1.82) is 0 Å². The minimum Gasteiger partial charge on any atom is -0.497 e. The van der Waals surface area contributed by atoms with Gasteiger partial charge in [0.2, 0.25) is 5.91 Å². The number of amides is 1. The summed E-state index contributed by atoms with van der Waals surface area (Å²) in [6.45, 7) is 3.97. The monoisotopic (exact) mass is 290 g/mol. The normalized spacial score (nSPS) is 10.3. The lowest BCUT2D eigenvalue weighted by atomic mass is 10.2. The first-order chi connectivity index (χ1) is 9.58. The Bertz CT molecular complexity index is 608. The Labute approximate surface area is 122 Å². The number of anilines is 1. The zero-order valence-electron chi connectivity index (χ0n) is 11.9. The number of aromatic nitrogens is 1. The molecule has 106 valence electrons. The third-order valence-corrected chi connectivity index (χ3v) is 4.06. The van der Waals surface area contributed by atoms with Crippen molar-refractivity contribution in [3.8, 4) is 5.75 Å². The second-order valence-corrected chi connectivity index (χ2v) is 5.81. The van der Waals surface area contributed by atoms with Crippen molar-refractivity contribution in [3.63, 3.8) is 0 Å². The second kappa shape index (κ2) is 6.52. The molecule has 1 aromatic heterocycles. The number of nitrogens with one attached hydrogen (secondary N) is 1. The standard InChI is InChI=1S/C15H18N2O2S/c1-10-14(20-11(2)16-10)7-8-15(18)17-12-5-4-6-13(9-12)19-3/h4-6,9H,7-8H2,1-3H3,(H,17,18). The third-order valence-electron chi connectivity index (χ3n) is 2.93. The van der Waals surface area contributed by atoms with Gasteiger partial charge in [0.25, 0.3) is 0 Å². The summed E-state index contributed by atoms with van der Waals surface area (Å²) in [5.74, 6) is 0.737. The van der Waals surface area contributed by atoms with Crippen LogP contribution in [-0.2, 0) is 11.2 Å². The molecule has 0 aliphatic rings. The van der Waals surface area contributed by atoms with E-state index in [2.05, 4.69) is 10.3 Å². The molecule has 0 unspecified atom stereocenters. The summed E-state index contributed by atoms with van der Waals surface area (Å²) in [5.41, 5.74) is 1.79. The molecule has 1 heterocycles. The van der Waals surface area contributed by atoms with E-state index in [1.54, 1.807) is 24.5 Å². The summed E-state index contributed by atoms with van der Waals surface area (Å²) in [6.07, 6.45) is 1.19. The lowest BCUT2D eigenvalue weighted by Gasteiger charge is -2.06. The summed E-state index contributed by atoms with van der Waals surface area (Å²) < 4.78 is 5.13. The molecule has 0 aliphatic heterocycles. The minimum absolute atomic E-state index is 0.00343. The van der Waals surface area contributed by atoms with Crippen LogP contribution in [0.3, 0.4) is 0 Å². The summed E-state index contributed by atoms with van der Waals surface area (Å²) in [6, 6.07) is 7.35. The van der Waals surface area contributed by atoms with Crippen molar-refractivity contribution < 1.29 is 9.53 Å².